The van der Waals surface area contributed by atoms with Gasteiger partial charge in [0.1, 0.15) is 5.82 Å². The highest BCUT2D eigenvalue weighted by atomic mass is 14.9. The van der Waals surface area contributed by atoms with Gasteiger partial charge in [-0.3, -0.25) is 4.98 Å². The number of nitrogens with zero attached hydrogens (tertiary/aromatic N) is 2. The van der Waals surface area contributed by atoms with E-state index in [0.29, 0.717) is 5.82 Å². The van der Waals surface area contributed by atoms with Crippen molar-refractivity contribution in [1.82, 2.24) is 9.97 Å². The van der Waals surface area contributed by atoms with Crippen LogP contribution in [0.15, 0.2) is 48.9 Å². The van der Waals surface area contributed by atoms with Gasteiger partial charge >= 0.3 is 0 Å². The molecule has 0 unspecified atom stereocenters. The molecule has 4 N–H and O–H groups in total. The van der Waals surface area contributed by atoms with Gasteiger partial charge in [-0.2, -0.15) is 0 Å². The third-order valence-corrected chi connectivity index (χ3v) is 1.38. The first kappa shape index (κ1) is 9.98. The average molecular weight is 188 g/mol. The van der Waals surface area contributed by atoms with Crippen LogP contribution in [0.1, 0.15) is 0 Å². The summed E-state index contributed by atoms with van der Waals surface area (Å²) in [7, 11) is 0. The molecule has 2 rings (SSSR count). The van der Waals surface area contributed by atoms with Gasteiger partial charge in [0.15, 0.2) is 0 Å². The number of benzene rings is 1. The number of para-hydroxylation sites is 1. The second-order valence-electron chi connectivity index (χ2n) is 2.54. The van der Waals surface area contributed by atoms with E-state index < -0.39 is 0 Å². The summed E-state index contributed by atoms with van der Waals surface area (Å²) in [6.45, 7) is 0. The molecule has 0 atom stereocenters. The summed E-state index contributed by atoms with van der Waals surface area (Å²) in [6, 6.07) is 9.49. The smallest absolute Gasteiger partial charge is 0.141 e. The molecule has 1 heterocycles. The van der Waals surface area contributed by atoms with Gasteiger partial charge in [-0.25, -0.2) is 4.98 Å². The van der Waals surface area contributed by atoms with Crippen molar-refractivity contribution in [2.75, 3.05) is 11.5 Å². The molecule has 0 amide bonds. The Kier molecular flexibility index (Phi) is 3.94. The van der Waals surface area contributed by atoms with Crippen LogP contribution in [-0.4, -0.2) is 9.97 Å². The lowest BCUT2D eigenvalue weighted by atomic mass is 10.3. The van der Waals surface area contributed by atoms with Crippen molar-refractivity contribution >= 4 is 11.5 Å². The van der Waals surface area contributed by atoms with E-state index in [1.165, 1.54) is 6.20 Å². The molecule has 0 fully saturated rings. The molecule has 14 heavy (non-hydrogen) atoms. The van der Waals surface area contributed by atoms with E-state index in [0.717, 1.165) is 5.69 Å². The summed E-state index contributed by atoms with van der Waals surface area (Å²) in [5, 5.41) is 0. The lowest BCUT2D eigenvalue weighted by molar-refractivity contribution is 1.21. The van der Waals surface area contributed by atoms with Crippen LogP contribution in [0.25, 0.3) is 0 Å². The molecule has 4 nitrogen and oxygen atoms in total. The summed E-state index contributed by atoms with van der Waals surface area (Å²) in [6.07, 6.45) is 4.63. The molecule has 0 bridgehead atoms. The van der Waals surface area contributed by atoms with Crippen molar-refractivity contribution in [2.24, 2.45) is 0 Å². The highest BCUT2D eigenvalue weighted by Gasteiger charge is 1.75. The van der Waals surface area contributed by atoms with E-state index in [1.54, 1.807) is 12.4 Å². The SMILES string of the molecule is Nc1ccccc1.Nc1cnccn1. The zero-order chi connectivity index (χ0) is 10.2. The monoisotopic (exact) mass is 188 g/mol. The molecule has 1 aromatic heterocycles. The number of anilines is 2. The molecule has 2 aromatic rings. The van der Waals surface area contributed by atoms with Gasteiger partial charge in [0.25, 0.3) is 0 Å². The Morgan fingerprint density at radius 1 is 0.929 bits per heavy atom. The van der Waals surface area contributed by atoms with Crippen LogP contribution < -0.4 is 11.5 Å². The standard InChI is InChI=1S/C6H7N.C4H5N3/c7-6-4-2-1-3-5-6;5-4-3-6-1-2-7-4/h1-5H,7H2;1-3H,(H2,5,7). The highest BCUT2D eigenvalue weighted by Crippen LogP contribution is 1.95. The summed E-state index contributed by atoms with van der Waals surface area (Å²) < 4.78 is 0. The predicted molar refractivity (Wildman–Crippen MR) is 57.3 cm³/mol. The molecule has 0 spiro atoms. The molecule has 4 heteroatoms. The quantitative estimate of drug-likeness (QED) is 0.611. The molecule has 0 aliphatic carbocycles. The lowest BCUT2D eigenvalue weighted by Crippen LogP contribution is -1.87. The van der Waals surface area contributed by atoms with E-state index in [9.17, 15) is 0 Å². The van der Waals surface area contributed by atoms with Crippen LogP contribution in [-0.2, 0) is 0 Å². The number of nitrogen functional groups attached to an aromatic ring is 2. The minimum absolute atomic E-state index is 0.461. The molecule has 72 valence electrons. The fourth-order valence-electron chi connectivity index (χ4n) is 0.764. The van der Waals surface area contributed by atoms with E-state index in [4.69, 9.17) is 11.5 Å². The Balaban J connectivity index is 0.000000140. The molecule has 0 saturated heterocycles. The zero-order valence-electron chi connectivity index (χ0n) is 7.67. The molecular weight excluding hydrogens is 176 g/mol. The predicted octanol–water partition coefficient (Wildman–Crippen LogP) is 1.33. The third kappa shape index (κ3) is 4.06. The fraction of sp³-hybridized carbons (Fsp3) is 0. The molecule has 0 saturated carbocycles. The Hall–Kier alpha value is -2.10. The van der Waals surface area contributed by atoms with Gasteiger partial charge in [-0.1, -0.05) is 18.2 Å². The second-order valence-corrected chi connectivity index (χ2v) is 2.54. The van der Waals surface area contributed by atoms with Crippen molar-refractivity contribution in [3.8, 4) is 0 Å². The van der Waals surface area contributed by atoms with E-state index in [-0.39, 0.29) is 0 Å². The Morgan fingerprint density at radius 2 is 1.64 bits per heavy atom. The van der Waals surface area contributed by atoms with Crippen molar-refractivity contribution in [2.45, 2.75) is 0 Å². The summed E-state index contributed by atoms with van der Waals surface area (Å²) in [5.41, 5.74) is 11.4. The van der Waals surface area contributed by atoms with Crippen molar-refractivity contribution < 1.29 is 0 Å². The summed E-state index contributed by atoms with van der Waals surface area (Å²) in [4.78, 5) is 7.39. The Morgan fingerprint density at radius 3 is 1.93 bits per heavy atom. The van der Waals surface area contributed by atoms with E-state index in [2.05, 4.69) is 9.97 Å². The maximum atomic E-state index is 5.36. The number of hydrogen-bond donors (Lipinski definition) is 2. The van der Waals surface area contributed by atoms with Crippen molar-refractivity contribution in [3.63, 3.8) is 0 Å². The highest BCUT2D eigenvalue weighted by molar-refractivity contribution is 5.35. The minimum atomic E-state index is 0.461. The number of aromatic nitrogens is 2. The molecule has 0 aliphatic heterocycles. The van der Waals surface area contributed by atoms with Crippen molar-refractivity contribution in [3.05, 3.63) is 48.9 Å². The molecule has 1 aromatic carbocycles. The van der Waals surface area contributed by atoms with E-state index in [1.807, 2.05) is 30.3 Å². The number of rotatable bonds is 0. The van der Waals surface area contributed by atoms with Crippen LogP contribution in [0.3, 0.4) is 0 Å². The van der Waals surface area contributed by atoms with Gasteiger partial charge in [-0.15, -0.1) is 0 Å². The normalized spacial score (nSPS) is 8.57. The van der Waals surface area contributed by atoms with Gasteiger partial charge in [-0.05, 0) is 12.1 Å². The van der Waals surface area contributed by atoms with Crippen molar-refractivity contribution in [1.29, 1.82) is 0 Å². The van der Waals surface area contributed by atoms with Crippen LogP contribution in [0, 0.1) is 0 Å². The van der Waals surface area contributed by atoms with Gasteiger partial charge in [0, 0.05) is 18.1 Å². The zero-order valence-corrected chi connectivity index (χ0v) is 7.67. The average Bonchev–Trinajstić information content (AvgIpc) is 2.21. The van der Waals surface area contributed by atoms with E-state index >= 15 is 0 Å². The largest absolute Gasteiger partial charge is 0.399 e. The van der Waals surface area contributed by atoms with Crippen LogP contribution >= 0.6 is 0 Å². The lowest BCUT2D eigenvalue weighted by Gasteiger charge is -1.83. The summed E-state index contributed by atoms with van der Waals surface area (Å²) in [5.74, 6) is 0.461. The minimum Gasteiger partial charge on any atom is -0.399 e. The van der Waals surface area contributed by atoms with Gasteiger partial charge in [0.2, 0.25) is 0 Å². The molecule has 0 radical (unpaired) electrons. The topological polar surface area (TPSA) is 77.8 Å². The molecular formula is C10H12N4. The van der Waals surface area contributed by atoms with Gasteiger partial charge in [0.05, 0.1) is 6.20 Å². The second kappa shape index (κ2) is 5.53. The first-order valence-corrected chi connectivity index (χ1v) is 4.11. The maximum absolute atomic E-state index is 5.36. The summed E-state index contributed by atoms with van der Waals surface area (Å²) >= 11 is 0. The Bertz CT molecular complexity index is 310. The number of hydrogen-bond acceptors (Lipinski definition) is 4. The van der Waals surface area contributed by atoms with Crippen LogP contribution in [0.2, 0.25) is 0 Å². The van der Waals surface area contributed by atoms with Crippen LogP contribution in [0.4, 0.5) is 11.5 Å². The first-order chi connectivity index (χ1) is 6.79. The third-order valence-electron chi connectivity index (χ3n) is 1.38. The first-order valence-electron chi connectivity index (χ1n) is 4.11. The fourth-order valence-corrected chi connectivity index (χ4v) is 0.764. The number of nitrogens with two attached hydrogens (primary N) is 2. The molecule has 0 aliphatic rings. The van der Waals surface area contributed by atoms with Gasteiger partial charge < -0.3 is 11.5 Å². The van der Waals surface area contributed by atoms with Crippen LogP contribution in [0.5, 0.6) is 0 Å². The maximum Gasteiger partial charge on any atom is 0.141 e. The Labute approximate surface area is 82.6 Å².